The highest BCUT2D eigenvalue weighted by Gasteiger charge is 2.40. The highest BCUT2D eigenvalue weighted by atomic mass is 32.1. The number of rotatable bonds is 4. The molecule has 0 atom stereocenters. The monoisotopic (exact) mass is 297 g/mol. The topological polar surface area (TPSA) is 48.8 Å². The number of aromatic nitrogens is 1. The van der Waals surface area contributed by atoms with E-state index in [9.17, 15) is 5.11 Å². The molecule has 2 fully saturated rings. The molecule has 1 aromatic rings. The SMILES string of the molecule is Cc1nc(N2CCN(CC3(CO)COC3)CC2)sc1C. The third-order valence-electron chi connectivity index (χ3n) is 4.37. The average Bonchev–Trinajstić information content (AvgIpc) is 2.75. The van der Waals surface area contributed by atoms with Crippen LogP contribution in [-0.4, -0.2) is 67.5 Å². The van der Waals surface area contributed by atoms with Gasteiger partial charge in [0.1, 0.15) is 0 Å². The average molecular weight is 297 g/mol. The first kappa shape index (κ1) is 14.3. The standard InChI is InChI=1S/C14H23N3O2S/c1-11-12(2)20-13(15-11)17-5-3-16(4-6-17)7-14(8-18)9-19-10-14/h18H,3-10H2,1-2H3. The van der Waals surface area contributed by atoms with Crippen molar-refractivity contribution in [3.8, 4) is 0 Å². The summed E-state index contributed by atoms with van der Waals surface area (Å²) in [5.41, 5.74) is 1.15. The largest absolute Gasteiger partial charge is 0.396 e. The van der Waals surface area contributed by atoms with E-state index in [4.69, 9.17) is 4.74 Å². The summed E-state index contributed by atoms with van der Waals surface area (Å²) in [5.74, 6) is 0. The molecule has 0 aromatic carbocycles. The Morgan fingerprint density at radius 3 is 2.40 bits per heavy atom. The Bertz CT molecular complexity index is 440. The highest BCUT2D eigenvalue weighted by Crippen LogP contribution is 2.30. The number of hydrogen-bond donors (Lipinski definition) is 1. The van der Waals surface area contributed by atoms with Gasteiger partial charge in [-0.3, -0.25) is 4.90 Å². The molecule has 3 heterocycles. The van der Waals surface area contributed by atoms with Crippen molar-refractivity contribution < 1.29 is 9.84 Å². The van der Waals surface area contributed by atoms with Crippen LogP contribution in [0.5, 0.6) is 0 Å². The lowest BCUT2D eigenvalue weighted by Gasteiger charge is -2.45. The van der Waals surface area contributed by atoms with E-state index in [2.05, 4.69) is 28.6 Å². The van der Waals surface area contributed by atoms with Crippen molar-refractivity contribution in [1.82, 2.24) is 9.88 Å². The van der Waals surface area contributed by atoms with E-state index >= 15 is 0 Å². The Kier molecular flexibility index (Phi) is 3.99. The number of piperazine rings is 1. The third kappa shape index (κ3) is 2.70. The normalized spacial score (nSPS) is 22.9. The van der Waals surface area contributed by atoms with Crippen LogP contribution in [0.15, 0.2) is 0 Å². The molecule has 2 saturated heterocycles. The summed E-state index contributed by atoms with van der Waals surface area (Å²) < 4.78 is 5.27. The van der Waals surface area contributed by atoms with Gasteiger partial charge in [0.15, 0.2) is 5.13 Å². The van der Waals surface area contributed by atoms with E-state index in [1.54, 1.807) is 11.3 Å². The lowest BCUT2D eigenvalue weighted by Crippen LogP contribution is -2.57. The van der Waals surface area contributed by atoms with E-state index in [1.807, 2.05) is 0 Å². The van der Waals surface area contributed by atoms with E-state index in [-0.39, 0.29) is 12.0 Å². The van der Waals surface area contributed by atoms with E-state index in [0.29, 0.717) is 13.2 Å². The molecule has 0 spiro atoms. The van der Waals surface area contributed by atoms with Crippen molar-refractivity contribution in [2.24, 2.45) is 5.41 Å². The maximum atomic E-state index is 9.51. The zero-order valence-electron chi connectivity index (χ0n) is 12.3. The molecule has 0 unspecified atom stereocenters. The predicted octanol–water partition coefficient (Wildman–Crippen LogP) is 0.891. The van der Waals surface area contributed by atoms with Crippen LogP contribution < -0.4 is 4.90 Å². The predicted molar refractivity (Wildman–Crippen MR) is 80.6 cm³/mol. The lowest BCUT2D eigenvalue weighted by molar-refractivity contribution is -0.148. The fourth-order valence-corrected chi connectivity index (χ4v) is 3.75. The van der Waals surface area contributed by atoms with Crippen LogP contribution in [0.2, 0.25) is 0 Å². The lowest BCUT2D eigenvalue weighted by atomic mass is 9.86. The number of thiazole rings is 1. The Hall–Kier alpha value is -0.690. The summed E-state index contributed by atoms with van der Waals surface area (Å²) in [6.45, 7) is 10.9. The quantitative estimate of drug-likeness (QED) is 0.894. The van der Waals surface area contributed by atoms with Gasteiger partial charge in [0.25, 0.3) is 0 Å². The van der Waals surface area contributed by atoms with Crippen LogP contribution in [0.3, 0.4) is 0 Å². The van der Waals surface area contributed by atoms with Crippen molar-refractivity contribution in [1.29, 1.82) is 0 Å². The Labute approximate surface area is 124 Å². The zero-order valence-corrected chi connectivity index (χ0v) is 13.1. The van der Waals surface area contributed by atoms with Gasteiger partial charge in [0.2, 0.25) is 0 Å². The first-order valence-electron chi connectivity index (χ1n) is 7.22. The van der Waals surface area contributed by atoms with Gasteiger partial charge >= 0.3 is 0 Å². The molecule has 6 heteroatoms. The second-order valence-corrected chi connectivity index (χ2v) is 7.23. The maximum absolute atomic E-state index is 9.51. The molecule has 1 N–H and O–H groups in total. The van der Waals surface area contributed by atoms with Gasteiger partial charge in [0, 0.05) is 37.6 Å². The van der Waals surface area contributed by atoms with Gasteiger partial charge in [-0.05, 0) is 13.8 Å². The summed E-state index contributed by atoms with van der Waals surface area (Å²) >= 11 is 1.79. The minimum atomic E-state index is -0.00344. The van der Waals surface area contributed by atoms with Crippen LogP contribution in [0.1, 0.15) is 10.6 Å². The zero-order chi connectivity index (χ0) is 14.2. The van der Waals surface area contributed by atoms with Crippen LogP contribution in [0, 0.1) is 19.3 Å². The van der Waals surface area contributed by atoms with Gasteiger partial charge in [-0.2, -0.15) is 0 Å². The second kappa shape index (κ2) is 5.60. The van der Waals surface area contributed by atoms with Crippen molar-refractivity contribution in [3.63, 3.8) is 0 Å². The molecule has 0 amide bonds. The van der Waals surface area contributed by atoms with Crippen LogP contribution >= 0.6 is 11.3 Å². The number of aliphatic hydroxyl groups is 1. The number of hydrogen-bond acceptors (Lipinski definition) is 6. The minimum absolute atomic E-state index is 0.00344. The molecule has 2 aliphatic rings. The molecule has 0 saturated carbocycles. The summed E-state index contributed by atoms with van der Waals surface area (Å²) in [5, 5.41) is 10.7. The molecule has 0 bridgehead atoms. The smallest absolute Gasteiger partial charge is 0.185 e. The molecule has 0 radical (unpaired) electrons. The number of anilines is 1. The van der Waals surface area contributed by atoms with Crippen LogP contribution in [0.4, 0.5) is 5.13 Å². The molecule has 1 aromatic heterocycles. The van der Waals surface area contributed by atoms with Gasteiger partial charge in [-0.25, -0.2) is 4.98 Å². The first-order chi connectivity index (χ1) is 9.62. The fraction of sp³-hybridized carbons (Fsp3) is 0.786. The van der Waals surface area contributed by atoms with Gasteiger partial charge in [-0.15, -0.1) is 11.3 Å². The number of aliphatic hydroxyl groups excluding tert-OH is 1. The highest BCUT2D eigenvalue weighted by molar-refractivity contribution is 7.15. The fourth-order valence-electron chi connectivity index (χ4n) is 2.79. The molecule has 20 heavy (non-hydrogen) atoms. The van der Waals surface area contributed by atoms with E-state index in [0.717, 1.165) is 43.5 Å². The number of nitrogens with zero attached hydrogens (tertiary/aromatic N) is 3. The molecule has 5 nitrogen and oxygen atoms in total. The van der Waals surface area contributed by atoms with Crippen molar-refractivity contribution >= 4 is 16.5 Å². The maximum Gasteiger partial charge on any atom is 0.185 e. The molecule has 0 aliphatic carbocycles. The van der Waals surface area contributed by atoms with E-state index < -0.39 is 0 Å². The summed E-state index contributed by atoms with van der Waals surface area (Å²) in [7, 11) is 0. The second-order valence-electron chi connectivity index (χ2n) is 6.05. The first-order valence-corrected chi connectivity index (χ1v) is 8.03. The Morgan fingerprint density at radius 1 is 1.25 bits per heavy atom. The third-order valence-corrected chi connectivity index (χ3v) is 5.50. The van der Waals surface area contributed by atoms with Gasteiger partial charge in [0.05, 0.1) is 30.9 Å². The van der Waals surface area contributed by atoms with E-state index in [1.165, 1.54) is 4.88 Å². The molecule has 112 valence electrons. The Balaban J connectivity index is 1.54. The van der Waals surface area contributed by atoms with Crippen LogP contribution in [0.25, 0.3) is 0 Å². The molecular formula is C14H23N3O2S. The van der Waals surface area contributed by atoms with Crippen molar-refractivity contribution in [2.75, 3.05) is 57.4 Å². The van der Waals surface area contributed by atoms with Gasteiger partial charge < -0.3 is 14.7 Å². The summed E-state index contributed by atoms with van der Waals surface area (Å²) in [6, 6.07) is 0. The molecular weight excluding hydrogens is 274 g/mol. The number of aryl methyl sites for hydroxylation is 2. The Morgan fingerprint density at radius 2 is 1.95 bits per heavy atom. The summed E-state index contributed by atoms with van der Waals surface area (Å²) in [4.78, 5) is 10.8. The van der Waals surface area contributed by atoms with Crippen LogP contribution in [-0.2, 0) is 4.74 Å². The molecule has 2 aliphatic heterocycles. The van der Waals surface area contributed by atoms with Crippen molar-refractivity contribution in [3.05, 3.63) is 10.6 Å². The number of ether oxygens (including phenoxy) is 1. The minimum Gasteiger partial charge on any atom is -0.396 e. The van der Waals surface area contributed by atoms with Gasteiger partial charge in [-0.1, -0.05) is 0 Å². The van der Waals surface area contributed by atoms with Crippen molar-refractivity contribution in [2.45, 2.75) is 13.8 Å². The molecule has 3 rings (SSSR count). The summed E-state index contributed by atoms with van der Waals surface area (Å²) in [6.07, 6.45) is 0.